The van der Waals surface area contributed by atoms with Crippen LogP contribution in [0.15, 0.2) is 42.5 Å². The lowest BCUT2D eigenvalue weighted by atomic mass is 9.74. The highest BCUT2D eigenvalue weighted by Gasteiger charge is 2.40. The molecule has 2 aromatic carbocycles. The van der Waals surface area contributed by atoms with Gasteiger partial charge in [0.25, 0.3) is 0 Å². The molecule has 1 saturated carbocycles. The Morgan fingerprint density at radius 2 is 1.63 bits per heavy atom. The summed E-state index contributed by atoms with van der Waals surface area (Å²) in [6.07, 6.45) is 0.445. The van der Waals surface area contributed by atoms with Crippen molar-refractivity contribution < 1.29 is 29.7 Å². The first kappa shape index (κ1) is 18.6. The minimum atomic E-state index is -1.23. The third-order valence-electron chi connectivity index (χ3n) is 4.90. The van der Waals surface area contributed by atoms with E-state index < -0.39 is 23.3 Å². The van der Waals surface area contributed by atoms with Crippen LogP contribution in [-0.4, -0.2) is 32.7 Å². The fourth-order valence-corrected chi connectivity index (χ4v) is 3.48. The van der Waals surface area contributed by atoms with Crippen LogP contribution in [0.1, 0.15) is 36.3 Å². The highest BCUT2D eigenvalue weighted by Crippen LogP contribution is 2.34. The zero-order valence-corrected chi connectivity index (χ0v) is 14.6. The smallest absolute Gasteiger partial charge is 0.157 e. The van der Waals surface area contributed by atoms with E-state index in [1.807, 2.05) is 0 Å². The maximum atomic E-state index is 12.4. The van der Waals surface area contributed by atoms with Crippen LogP contribution in [0, 0.1) is 5.92 Å². The van der Waals surface area contributed by atoms with Gasteiger partial charge in [-0.15, -0.1) is 0 Å². The number of hydrogen-bond donors (Lipinski definition) is 3. The average Bonchev–Trinajstić information content (AvgIpc) is 2.62. The van der Waals surface area contributed by atoms with E-state index in [-0.39, 0.29) is 48.8 Å². The summed E-state index contributed by atoms with van der Waals surface area (Å²) in [4.78, 5) is 37.3. The van der Waals surface area contributed by atoms with Crippen molar-refractivity contribution >= 4 is 17.3 Å². The molecule has 0 saturated heterocycles. The topological polar surface area (TPSA) is 112 Å². The molecule has 27 heavy (non-hydrogen) atoms. The number of rotatable bonds is 5. The van der Waals surface area contributed by atoms with E-state index in [0.717, 1.165) is 0 Å². The zero-order chi connectivity index (χ0) is 19.6. The highest BCUT2D eigenvalue weighted by molar-refractivity contribution is 6.21. The van der Waals surface area contributed by atoms with Gasteiger partial charge in [-0.2, -0.15) is 0 Å². The van der Waals surface area contributed by atoms with Crippen molar-refractivity contribution in [2.45, 2.75) is 31.6 Å². The van der Waals surface area contributed by atoms with Crippen LogP contribution in [0.25, 0.3) is 0 Å². The number of aromatic hydroxyl groups is 3. The Morgan fingerprint density at radius 1 is 0.926 bits per heavy atom. The summed E-state index contributed by atoms with van der Waals surface area (Å²) in [5.41, 5.74) is 1.34. The van der Waals surface area contributed by atoms with E-state index in [2.05, 4.69) is 0 Å². The molecule has 1 fully saturated rings. The molecule has 1 aliphatic carbocycles. The zero-order valence-electron chi connectivity index (χ0n) is 14.6. The second kappa shape index (κ2) is 7.61. The van der Waals surface area contributed by atoms with E-state index in [1.54, 1.807) is 18.2 Å². The van der Waals surface area contributed by atoms with E-state index in [0.29, 0.717) is 11.1 Å². The Hall–Kier alpha value is -3.15. The van der Waals surface area contributed by atoms with Gasteiger partial charge in [0.15, 0.2) is 28.8 Å². The van der Waals surface area contributed by atoms with Crippen molar-refractivity contribution in [2.24, 2.45) is 5.92 Å². The first-order chi connectivity index (χ1) is 12.8. The Balaban J connectivity index is 1.65. The first-order valence-corrected chi connectivity index (χ1v) is 8.73. The van der Waals surface area contributed by atoms with Gasteiger partial charge in [0.2, 0.25) is 0 Å². The molecule has 0 bridgehead atoms. The van der Waals surface area contributed by atoms with Gasteiger partial charge in [-0.1, -0.05) is 18.2 Å². The monoisotopic (exact) mass is 368 g/mol. The molecule has 0 radical (unpaired) electrons. The average molecular weight is 368 g/mol. The third kappa shape index (κ3) is 4.16. The second-order valence-corrected chi connectivity index (χ2v) is 6.86. The minimum absolute atomic E-state index is 0.00313. The molecular weight excluding hydrogens is 348 g/mol. The molecule has 0 heterocycles. The van der Waals surface area contributed by atoms with Crippen molar-refractivity contribution in [3.8, 4) is 17.2 Å². The second-order valence-electron chi connectivity index (χ2n) is 6.86. The van der Waals surface area contributed by atoms with Gasteiger partial charge in [-0.05, 0) is 47.7 Å². The number of carbonyl (C=O) groups excluding carboxylic acids is 3. The van der Waals surface area contributed by atoms with Crippen molar-refractivity contribution in [3.63, 3.8) is 0 Å². The maximum Gasteiger partial charge on any atom is 0.157 e. The lowest BCUT2D eigenvalue weighted by Crippen LogP contribution is -2.38. The molecule has 140 valence electrons. The number of phenolic OH excluding ortho intramolecular Hbond substituents is 3. The van der Waals surface area contributed by atoms with Gasteiger partial charge in [0.05, 0.1) is 0 Å². The Kier molecular flexibility index (Phi) is 5.26. The number of Topliss-reactive ketones (excluding diaryl/α,β-unsaturated/α-hetero) is 3. The third-order valence-corrected chi connectivity index (χ3v) is 4.90. The van der Waals surface area contributed by atoms with Crippen molar-refractivity contribution in [1.82, 2.24) is 0 Å². The SMILES string of the molecule is O=C(CCc1ccc(O)c(O)c1)C1C(=O)CC(c2cccc(O)c2)CC1=O. The van der Waals surface area contributed by atoms with Crippen LogP contribution in [0.4, 0.5) is 0 Å². The summed E-state index contributed by atoms with van der Waals surface area (Å²) in [5.74, 6) is -3.22. The van der Waals surface area contributed by atoms with Gasteiger partial charge in [-0.25, -0.2) is 0 Å². The number of aryl methyl sites for hydroxylation is 1. The molecule has 0 unspecified atom stereocenters. The molecule has 3 rings (SSSR count). The summed E-state index contributed by atoms with van der Waals surface area (Å²) in [5, 5.41) is 28.4. The van der Waals surface area contributed by atoms with Gasteiger partial charge in [-0.3, -0.25) is 14.4 Å². The normalized spacial score (nSPS) is 19.9. The van der Waals surface area contributed by atoms with Crippen LogP contribution in [-0.2, 0) is 20.8 Å². The van der Waals surface area contributed by atoms with Crippen LogP contribution in [0.3, 0.4) is 0 Å². The predicted octanol–water partition coefficient (Wildman–Crippen LogP) is 2.64. The van der Waals surface area contributed by atoms with Crippen molar-refractivity contribution in [3.05, 3.63) is 53.6 Å². The van der Waals surface area contributed by atoms with Crippen LogP contribution < -0.4 is 0 Å². The lowest BCUT2D eigenvalue weighted by Gasteiger charge is -2.26. The molecule has 0 aliphatic heterocycles. The number of hydrogen-bond acceptors (Lipinski definition) is 6. The fourth-order valence-electron chi connectivity index (χ4n) is 3.48. The Bertz CT molecular complexity index is 883. The number of ketones is 3. The van der Waals surface area contributed by atoms with Gasteiger partial charge in [0.1, 0.15) is 11.7 Å². The van der Waals surface area contributed by atoms with Gasteiger partial charge < -0.3 is 15.3 Å². The largest absolute Gasteiger partial charge is 0.508 e. The molecule has 2 aromatic rings. The Morgan fingerprint density at radius 3 is 2.26 bits per heavy atom. The van der Waals surface area contributed by atoms with Gasteiger partial charge in [0, 0.05) is 19.3 Å². The molecule has 6 nitrogen and oxygen atoms in total. The minimum Gasteiger partial charge on any atom is -0.508 e. The Labute approximate surface area is 156 Å². The summed E-state index contributed by atoms with van der Waals surface area (Å²) < 4.78 is 0. The molecule has 0 aromatic heterocycles. The predicted molar refractivity (Wildman–Crippen MR) is 96.7 cm³/mol. The van der Waals surface area contributed by atoms with E-state index in [9.17, 15) is 29.7 Å². The molecule has 1 aliphatic rings. The summed E-state index contributed by atoms with van der Waals surface area (Å²) in [6, 6.07) is 10.7. The summed E-state index contributed by atoms with van der Waals surface area (Å²) in [6.45, 7) is 0. The fraction of sp³-hybridized carbons (Fsp3) is 0.286. The first-order valence-electron chi connectivity index (χ1n) is 8.73. The quantitative estimate of drug-likeness (QED) is 0.552. The maximum absolute atomic E-state index is 12.4. The number of carbonyl (C=O) groups is 3. The highest BCUT2D eigenvalue weighted by atomic mass is 16.3. The standard InChI is InChI=1S/C21H20O6/c22-15-3-1-2-13(9-15)14-10-19(26)21(20(27)11-14)17(24)7-5-12-4-6-16(23)18(25)8-12/h1-4,6,8-9,14,21-23,25H,5,7,10-11H2. The van der Waals surface area contributed by atoms with E-state index in [4.69, 9.17) is 0 Å². The van der Waals surface area contributed by atoms with Crippen LogP contribution >= 0.6 is 0 Å². The number of benzene rings is 2. The molecule has 0 amide bonds. The van der Waals surface area contributed by atoms with E-state index in [1.165, 1.54) is 24.3 Å². The van der Waals surface area contributed by atoms with Gasteiger partial charge >= 0.3 is 0 Å². The van der Waals surface area contributed by atoms with Crippen LogP contribution in [0.5, 0.6) is 17.2 Å². The molecule has 0 atom stereocenters. The van der Waals surface area contributed by atoms with E-state index >= 15 is 0 Å². The molecule has 3 N–H and O–H groups in total. The molecule has 0 spiro atoms. The summed E-state index contributed by atoms with van der Waals surface area (Å²) >= 11 is 0. The van der Waals surface area contributed by atoms with Crippen molar-refractivity contribution in [1.29, 1.82) is 0 Å². The molecular formula is C21H20O6. The molecule has 6 heteroatoms. The van der Waals surface area contributed by atoms with Crippen LogP contribution in [0.2, 0.25) is 0 Å². The number of phenols is 3. The van der Waals surface area contributed by atoms with Crippen molar-refractivity contribution in [2.75, 3.05) is 0 Å². The summed E-state index contributed by atoms with van der Waals surface area (Å²) in [7, 11) is 0. The lowest BCUT2D eigenvalue weighted by molar-refractivity contribution is -0.142.